The minimum Gasteiger partial charge on any atom is -0.330 e. The first-order valence-corrected chi connectivity index (χ1v) is 8.05. The van der Waals surface area contributed by atoms with Crippen molar-refractivity contribution >= 4 is 0 Å². The van der Waals surface area contributed by atoms with Gasteiger partial charge < -0.3 is 10.6 Å². The van der Waals surface area contributed by atoms with Crippen molar-refractivity contribution in [3.63, 3.8) is 0 Å². The molecule has 118 valence electrons. The lowest BCUT2D eigenvalue weighted by molar-refractivity contribution is 0.120. The quantitative estimate of drug-likeness (QED) is 0.808. The van der Waals surface area contributed by atoms with E-state index in [-0.39, 0.29) is 0 Å². The van der Waals surface area contributed by atoms with Crippen LogP contribution in [-0.2, 0) is 13.0 Å². The Kier molecular flexibility index (Phi) is 6.64. The van der Waals surface area contributed by atoms with Crippen molar-refractivity contribution in [2.75, 3.05) is 59.9 Å². The van der Waals surface area contributed by atoms with Crippen molar-refractivity contribution in [2.24, 2.45) is 5.73 Å². The number of benzene rings is 1. The molecule has 0 aliphatic carbocycles. The van der Waals surface area contributed by atoms with Gasteiger partial charge in [0.1, 0.15) is 0 Å². The molecule has 1 aliphatic rings. The van der Waals surface area contributed by atoms with E-state index in [2.05, 4.69) is 53.1 Å². The number of rotatable bonds is 7. The van der Waals surface area contributed by atoms with Gasteiger partial charge in [0.15, 0.2) is 0 Å². The van der Waals surface area contributed by atoms with Crippen LogP contribution in [0.3, 0.4) is 0 Å². The Morgan fingerprint density at radius 2 is 1.62 bits per heavy atom. The standard InChI is InChI=1S/C17H30N4/c1-19(2)9-10-20-11-13-21(14-12-20)15-17-6-4-3-5-16(17)7-8-18/h3-6H,7-15,18H2,1-2H3. The molecule has 1 aromatic carbocycles. The summed E-state index contributed by atoms with van der Waals surface area (Å²) in [6.07, 6.45) is 0.985. The molecule has 0 saturated carbocycles. The van der Waals surface area contributed by atoms with Crippen molar-refractivity contribution in [1.29, 1.82) is 0 Å². The molecule has 0 aromatic heterocycles. The van der Waals surface area contributed by atoms with E-state index in [1.165, 1.54) is 43.9 Å². The van der Waals surface area contributed by atoms with Gasteiger partial charge >= 0.3 is 0 Å². The average molecular weight is 290 g/mol. The summed E-state index contributed by atoms with van der Waals surface area (Å²) in [5.41, 5.74) is 8.58. The Morgan fingerprint density at radius 3 is 2.24 bits per heavy atom. The molecule has 4 nitrogen and oxygen atoms in total. The summed E-state index contributed by atoms with van der Waals surface area (Å²) in [7, 11) is 4.29. The van der Waals surface area contributed by atoms with Crippen molar-refractivity contribution in [2.45, 2.75) is 13.0 Å². The zero-order chi connectivity index (χ0) is 15.1. The van der Waals surface area contributed by atoms with Gasteiger partial charge in [0, 0.05) is 45.8 Å². The second-order valence-electron chi connectivity index (χ2n) is 6.23. The number of hydrogen-bond donors (Lipinski definition) is 1. The largest absolute Gasteiger partial charge is 0.330 e. The molecule has 2 rings (SSSR count). The van der Waals surface area contributed by atoms with E-state index >= 15 is 0 Å². The first kappa shape index (κ1) is 16.4. The summed E-state index contributed by atoms with van der Waals surface area (Å²) < 4.78 is 0. The van der Waals surface area contributed by atoms with Crippen LogP contribution in [0.5, 0.6) is 0 Å². The van der Waals surface area contributed by atoms with Gasteiger partial charge in [-0.1, -0.05) is 24.3 Å². The molecule has 0 radical (unpaired) electrons. The van der Waals surface area contributed by atoms with E-state index in [1.54, 1.807) is 0 Å². The molecule has 0 spiro atoms. The van der Waals surface area contributed by atoms with Gasteiger partial charge in [-0.25, -0.2) is 0 Å². The molecular formula is C17H30N4. The maximum atomic E-state index is 5.71. The van der Waals surface area contributed by atoms with Crippen LogP contribution >= 0.6 is 0 Å². The maximum absolute atomic E-state index is 5.71. The summed E-state index contributed by atoms with van der Waals surface area (Å²) in [5.74, 6) is 0. The molecule has 0 amide bonds. The topological polar surface area (TPSA) is 35.7 Å². The summed E-state index contributed by atoms with van der Waals surface area (Å²) in [6, 6.07) is 8.73. The first-order valence-electron chi connectivity index (χ1n) is 8.05. The smallest absolute Gasteiger partial charge is 0.0237 e. The van der Waals surface area contributed by atoms with Crippen LogP contribution in [0.4, 0.5) is 0 Å². The Balaban J connectivity index is 1.81. The summed E-state index contributed by atoms with van der Waals surface area (Å²) >= 11 is 0. The molecule has 0 bridgehead atoms. The van der Waals surface area contributed by atoms with Gasteiger partial charge in [0.2, 0.25) is 0 Å². The predicted octanol–water partition coefficient (Wildman–Crippen LogP) is 0.867. The molecule has 0 atom stereocenters. The normalized spacial score (nSPS) is 17.5. The van der Waals surface area contributed by atoms with Crippen LogP contribution in [0.15, 0.2) is 24.3 Å². The third-order valence-corrected chi connectivity index (χ3v) is 4.25. The molecule has 4 heteroatoms. The molecule has 1 aromatic rings. The number of nitrogens with two attached hydrogens (primary N) is 1. The first-order chi connectivity index (χ1) is 10.2. The van der Waals surface area contributed by atoms with E-state index in [1.807, 2.05) is 0 Å². The van der Waals surface area contributed by atoms with Crippen LogP contribution in [-0.4, -0.2) is 74.6 Å². The van der Waals surface area contributed by atoms with E-state index < -0.39 is 0 Å². The summed E-state index contributed by atoms with van der Waals surface area (Å²) in [4.78, 5) is 7.40. The number of hydrogen-bond acceptors (Lipinski definition) is 4. The molecule has 21 heavy (non-hydrogen) atoms. The second-order valence-corrected chi connectivity index (χ2v) is 6.23. The van der Waals surface area contributed by atoms with Gasteiger partial charge in [0.05, 0.1) is 0 Å². The second kappa shape index (κ2) is 8.49. The maximum Gasteiger partial charge on any atom is 0.0237 e. The van der Waals surface area contributed by atoms with Crippen LogP contribution < -0.4 is 5.73 Å². The van der Waals surface area contributed by atoms with Crippen LogP contribution in [0.25, 0.3) is 0 Å². The zero-order valence-corrected chi connectivity index (χ0v) is 13.6. The fraction of sp³-hybridized carbons (Fsp3) is 0.647. The molecule has 2 N–H and O–H groups in total. The third kappa shape index (κ3) is 5.40. The lowest BCUT2D eigenvalue weighted by Gasteiger charge is -2.35. The molecule has 1 saturated heterocycles. The summed E-state index contributed by atoms with van der Waals surface area (Å²) in [6.45, 7) is 8.85. The van der Waals surface area contributed by atoms with Crippen molar-refractivity contribution in [3.05, 3.63) is 35.4 Å². The Labute approximate surface area is 129 Å². The minimum atomic E-state index is 0.731. The highest BCUT2D eigenvalue weighted by Gasteiger charge is 2.17. The highest BCUT2D eigenvalue weighted by molar-refractivity contribution is 5.27. The van der Waals surface area contributed by atoms with E-state index in [9.17, 15) is 0 Å². The molecule has 1 heterocycles. The van der Waals surface area contributed by atoms with Crippen LogP contribution in [0.1, 0.15) is 11.1 Å². The van der Waals surface area contributed by atoms with Crippen molar-refractivity contribution in [1.82, 2.24) is 14.7 Å². The van der Waals surface area contributed by atoms with Gasteiger partial charge in [-0.2, -0.15) is 0 Å². The third-order valence-electron chi connectivity index (χ3n) is 4.25. The monoisotopic (exact) mass is 290 g/mol. The number of likely N-dealkylation sites (N-methyl/N-ethyl adjacent to an activating group) is 1. The minimum absolute atomic E-state index is 0.731. The fourth-order valence-corrected chi connectivity index (χ4v) is 2.86. The van der Waals surface area contributed by atoms with E-state index in [4.69, 9.17) is 5.73 Å². The average Bonchev–Trinajstić information content (AvgIpc) is 2.49. The highest BCUT2D eigenvalue weighted by atomic mass is 15.3. The van der Waals surface area contributed by atoms with Crippen LogP contribution in [0, 0.1) is 0 Å². The number of piperazine rings is 1. The van der Waals surface area contributed by atoms with Crippen molar-refractivity contribution in [3.8, 4) is 0 Å². The van der Waals surface area contributed by atoms with Crippen molar-refractivity contribution < 1.29 is 0 Å². The molecular weight excluding hydrogens is 260 g/mol. The molecule has 1 fully saturated rings. The Bertz CT molecular complexity index is 411. The molecule has 0 unspecified atom stereocenters. The SMILES string of the molecule is CN(C)CCN1CCN(Cc2ccccc2CCN)CC1. The molecule has 1 aliphatic heterocycles. The van der Waals surface area contributed by atoms with Crippen LogP contribution in [0.2, 0.25) is 0 Å². The lowest BCUT2D eigenvalue weighted by atomic mass is 10.0. The zero-order valence-electron chi connectivity index (χ0n) is 13.6. The fourth-order valence-electron chi connectivity index (χ4n) is 2.86. The van der Waals surface area contributed by atoms with E-state index in [0.717, 1.165) is 26.1 Å². The van der Waals surface area contributed by atoms with E-state index in [0.29, 0.717) is 0 Å². The van der Waals surface area contributed by atoms with Gasteiger partial charge in [-0.05, 0) is 38.2 Å². The van der Waals surface area contributed by atoms with Gasteiger partial charge in [-0.3, -0.25) is 9.80 Å². The Morgan fingerprint density at radius 1 is 1.00 bits per heavy atom. The Hall–Kier alpha value is -0.940. The van der Waals surface area contributed by atoms with Gasteiger partial charge in [0.25, 0.3) is 0 Å². The van der Waals surface area contributed by atoms with Gasteiger partial charge in [-0.15, -0.1) is 0 Å². The number of nitrogens with zero attached hydrogens (tertiary/aromatic N) is 3. The highest BCUT2D eigenvalue weighted by Crippen LogP contribution is 2.13. The summed E-state index contributed by atoms with van der Waals surface area (Å²) in [5, 5.41) is 0. The predicted molar refractivity (Wildman–Crippen MR) is 89.5 cm³/mol. The lowest BCUT2D eigenvalue weighted by Crippen LogP contribution is -2.47.